The maximum Gasteiger partial charge on any atom is 0.306 e. The second kappa shape index (κ2) is 5.01. The fraction of sp³-hybridized carbons (Fsp3) is 0.300. The number of pyridine rings is 1. The number of aromatic nitrogens is 1. The minimum Gasteiger partial charge on any atom is -0.379 e. The lowest BCUT2D eigenvalue weighted by molar-refractivity contribution is 0.0827. The summed E-state index contributed by atoms with van der Waals surface area (Å²) >= 11 is 0. The predicted octanol–water partition coefficient (Wildman–Crippen LogP) is -0.00652. The Morgan fingerprint density at radius 3 is 2.56 bits per heavy atom. The normalized spacial score (nSPS) is 10.6. The maximum absolute atomic E-state index is 11.7. The first-order valence-corrected chi connectivity index (χ1v) is 6.57. The highest BCUT2D eigenvalue weighted by molar-refractivity contribution is 7.86. The molecule has 0 aromatic carbocycles. The molecule has 1 rings (SSSR count). The van der Waals surface area contributed by atoms with E-state index in [0.717, 1.165) is 6.26 Å². The van der Waals surface area contributed by atoms with Gasteiger partial charge in [-0.3, -0.25) is 4.79 Å². The van der Waals surface area contributed by atoms with E-state index in [4.69, 9.17) is 5.26 Å². The lowest BCUT2D eigenvalue weighted by Crippen LogP contribution is -2.22. The highest BCUT2D eigenvalue weighted by Gasteiger charge is 2.16. The molecule has 1 aromatic heterocycles. The number of nitriles is 1. The van der Waals surface area contributed by atoms with Crippen LogP contribution in [0.1, 0.15) is 16.1 Å². The first-order valence-electron chi connectivity index (χ1n) is 4.76. The molecule has 18 heavy (non-hydrogen) atoms. The van der Waals surface area contributed by atoms with Crippen LogP contribution in [-0.4, -0.2) is 44.6 Å². The molecule has 0 N–H and O–H groups in total. The molecule has 0 aliphatic rings. The quantitative estimate of drug-likeness (QED) is 0.715. The van der Waals surface area contributed by atoms with Crippen LogP contribution in [-0.2, 0) is 10.1 Å². The second-order valence-electron chi connectivity index (χ2n) is 3.67. The highest BCUT2D eigenvalue weighted by atomic mass is 32.2. The van der Waals surface area contributed by atoms with Crippen molar-refractivity contribution in [2.24, 2.45) is 0 Å². The third-order valence-electron chi connectivity index (χ3n) is 1.85. The zero-order valence-electron chi connectivity index (χ0n) is 10.0. The highest BCUT2D eigenvalue weighted by Crippen LogP contribution is 2.19. The van der Waals surface area contributed by atoms with Gasteiger partial charge in [-0.2, -0.15) is 13.7 Å². The summed E-state index contributed by atoms with van der Waals surface area (Å²) < 4.78 is 26.7. The summed E-state index contributed by atoms with van der Waals surface area (Å²) in [6.07, 6.45) is 2.03. The van der Waals surface area contributed by atoms with Gasteiger partial charge in [-0.15, -0.1) is 0 Å². The van der Waals surface area contributed by atoms with E-state index in [9.17, 15) is 13.2 Å². The molecule has 0 saturated heterocycles. The molecule has 0 unspecified atom stereocenters. The van der Waals surface area contributed by atoms with E-state index in [2.05, 4.69) is 9.17 Å². The zero-order chi connectivity index (χ0) is 13.9. The van der Waals surface area contributed by atoms with Crippen molar-refractivity contribution < 1.29 is 17.4 Å². The lowest BCUT2D eigenvalue weighted by Gasteiger charge is -2.11. The van der Waals surface area contributed by atoms with Crippen LogP contribution >= 0.6 is 0 Å². The van der Waals surface area contributed by atoms with E-state index in [-0.39, 0.29) is 22.9 Å². The molecule has 0 aliphatic carbocycles. The lowest BCUT2D eigenvalue weighted by atomic mass is 10.2. The molecular formula is C10H11N3O4S. The van der Waals surface area contributed by atoms with E-state index in [1.807, 2.05) is 0 Å². The van der Waals surface area contributed by atoms with Gasteiger partial charge in [0.1, 0.15) is 6.07 Å². The number of rotatable bonds is 3. The van der Waals surface area contributed by atoms with Gasteiger partial charge in [0.25, 0.3) is 5.91 Å². The number of hydrogen-bond donors (Lipinski definition) is 0. The molecule has 1 aromatic rings. The van der Waals surface area contributed by atoms with Crippen molar-refractivity contribution >= 4 is 16.0 Å². The standard InChI is InChI=1S/C10H11N3O4S/c1-13(2)10(14)7-4-9(17-18(3,15)16)8(5-11)12-6-7/h4,6H,1-3H3. The topological polar surface area (TPSA) is 100 Å². The van der Waals surface area contributed by atoms with Gasteiger partial charge in [0, 0.05) is 20.3 Å². The molecule has 1 heterocycles. The van der Waals surface area contributed by atoms with Crippen molar-refractivity contribution in [2.75, 3.05) is 20.4 Å². The van der Waals surface area contributed by atoms with Crippen LogP contribution in [0.25, 0.3) is 0 Å². The van der Waals surface area contributed by atoms with Crippen LogP contribution in [0.4, 0.5) is 0 Å². The van der Waals surface area contributed by atoms with E-state index in [0.29, 0.717) is 0 Å². The van der Waals surface area contributed by atoms with E-state index >= 15 is 0 Å². The molecule has 8 heteroatoms. The molecule has 7 nitrogen and oxygen atoms in total. The summed E-state index contributed by atoms with van der Waals surface area (Å²) in [5.74, 6) is -0.627. The average molecular weight is 269 g/mol. The van der Waals surface area contributed by atoms with Crippen molar-refractivity contribution in [1.82, 2.24) is 9.88 Å². The minimum atomic E-state index is -3.79. The number of nitrogens with zero attached hydrogens (tertiary/aromatic N) is 3. The average Bonchev–Trinajstić information content (AvgIpc) is 2.25. The Balaban J connectivity index is 3.27. The smallest absolute Gasteiger partial charge is 0.306 e. The third-order valence-corrected chi connectivity index (χ3v) is 2.34. The van der Waals surface area contributed by atoms with Gasteiger partial charge in [-0.25, -0.2) is 4.98 Å². The van der Waals surface area contributed by atoms with E-state index in [1.165, 1.54) is 31.3 Å². The molecule has 0 fully saturated rings. The monoisotopic (exact) mass is 269 g/mol. The largest absolute Gasteiger partial charge is 0.379 e. The van der Waals surface area contributed by atoms with Gasteiger partial charge < -0.3 is 9.08 Å². The van der Waals surface area contributed by atoms with Crippen LogP contribution in [0.5, 0.6) is 5.75 Å². The fourth-order valence-electron chi connectivity index (χ4n) is 1.13. The first-order chi connectivity index (χ1) is 8.24. The molecule has 0 radical (unpaired) electrons. The van der Waals surface area contributed by atoms with E-state index < -0.39 is 10.1 Å². The SMILES string of the molecule is CN(C)C(=O)c1cnc(C#N)c(OS(C)(=O)=O)c1. The van der Waals surface area contributed by atoms with Gasteiger partial charge in [0.2, 0.25) is 0 Å². The van der Waals surface area contributed by atoms with Crippen LogP contribution in [0.2, 0.25) is 0 Å². The maximum atomic E-state index is 11.7. The molecule has 0 aliphatic heterocycles. The Hall–Kier alpha value is -2.14. The molecule has 0 spiro atoms. The van der Waals surface area contributed by atoms with Crippen molar-refractivity contribution in [3.63, 3.8) is 0 Å². The minimum absolute atomic E-state index is 0.137. The fourth-order valence-corrected chi connectivity index (χ4v) is 1.58. The van der Waals surface area contributed by atoms with Gasteiger partial charge in [0.15, 0.2) is 11.4 Å². The summed E-state index contributed by atoms with van der Waals surface area (Å²) in [5, 5.41) is 8.77. The summed E-state index contributed by atoms with van der Waals surface area (Å²) in [7, 11) is -0.710. The van der Waals surface area contributed by atoms with E-state index in [1.54, 1.807) is 6.07 Å². The van der Waals surface area contributed by atoms with Gasteiger partial charge in [-0.05, 0) is 6.07 Å². The zero-order valence-corrected chi connectivity index (χ0v) is 10.9. The van der Waals surface area contributed by atoms with Crippen LogP contribution in [0.3, 0.4) is 0 Å². The Bertz CT molecular complexity index is 617. The Kier molecular flexibility index (Phi) is 3.88. The molecule has 96 valence electrons. The second-order valence-corrected chi connectivity index (χ2v) is 5.24. The number of hydrogen-bond acceptors (Lipinski definition) is 6. The van der Waals surface area contributed by atoms with Crippen molar-refractivity contribution in [3.8, 4) is 11.8 Å². The van der Waals surface area contributed by atoms with Crippen LogP contribution in [0, 0.1) is 11.3 Å². The number of carbonyl (C=O) groups excluding carboxylic acids is 1. The van der Waals surface area contributed by atoms with Crippen LogP contribution < -0.4 is 4.18 Å². The van der Waals surface area contributed by atoms with Crippen molar-refractivity contribution in [1.29, 1.82) is 5.26 Å². The molecule has 1 amide bonds. The van der Waals surface area contributed by atoms with Crippen LogP contribution in [0.15, 0.2) is 12.3 Å². The molecular weight excluding hydrogens is 258 g/mol. The van der Waals surface area contributed by atoms with Crippen molar-refractivity contribution in [2.45, 2.75) is 0 Å². The van der Waals surface area contributed by atoms with Gasteiger partial charge >= 0.3 is 10.1 Å². The van der Waals surface area contributed by atoms with Crippen molar-refractivity contribution in [3.05, 3.63) is 23.5 Å². The summed E-state index contributed by atoms with van der Waals surface area (Å²) in [6.45, 7) is 0. The number of carbonyl (C=O) groups is 1. The Labute approximate surface area is 105 Å². The summed E-state index contributed by atoms with van der Waals surface area (Å²) in [6, 6.07) is 2.86. The Morgan fingerprint density at radius 1 is 1.50 bits per heavy atom. The molecule has 0 atom stereocenters. The summed E-state index contributed by atoms with van der Waals surface area (Å²) in [5.41, 5.74) is -0.0617. The van der Waals surface area contributed by atoms with Gasteiger partial charge in [0.05, 0.1) is 11.8 Å². The summed E-state index contributed by atoms with van der Waals surface area (Å²) in [4.78, 5) is 16.6. The predicted molar refractivity (Wildman–Crippen MR) is 62.4 cm³/mol. The Morgan fingerprint density at radius 2 is 2.11 bits per heavy atom. The molecule has 0 bridgehead atoms. The first kappa shape index (κ1) is 13.9. The van der Waals surface area contributed by atoms with Gasteiger partial charge in [-0.1, -0.05) is 0 Å². The number of amides is 1. The molecule has 0 saturated carbocycles. The third kappa shape index (κ3) is 3.43.